The number of carboxylic acid groups (broad SMARTS) is 2. The van der Waals surface area contributed by atoms with Crippen molar-refractivity contribution in [3.05, 3.63) is 29.6 Å². The van der Waals surface area contributed by atoms with E-state index in [1.54, 1.807) is 6.20 Å². The van der Waals surface area contributed by atoms with Gasteiger partial charge in [-0.2, -0.15) is 0 Å². The summed E-state index contributed by atoms with van der Waals surface area (Å²) in [5.74, 6) is -3.03. The van der Waals surface area contributed by atoms with Gasteiger partial charge in [0, 0.05) is 46.0 Å². The smallest absolute Gasteiger partial charge is 0.414 e. The molecule has 1 unspecified atom stereocenters. The second kappa shape index (κ2) is 9.98. The summed E-state index contributed by atoms with van der Waals surface area (Å²) in [6.45, 7) is 6.41. The number of carbonyl (C=O) groups excluding carboxylic acids is 1. The summed E-state index contributed by atoms with van der Waals surface area (Å²) in [6, 6.07) is 3.76. The molecule has 3 N–H and O–H groups in total. The average molecular weight is 378 g/mol. The second-order valence-electron chi connectivity index (χ2n) is 6.74. The fraction of sp³-hybridized carbons (Fsp3) is 0.556. The molecule has 3 heterocycles. The number of rotatable bonds is 3. The van der Waals surface area contributed by atoms with Crippen LogP contribution in [0.25, 0.3) is 0 Å². The Balaban J connectivity index is 0.000000380. The lowest BCUT2D eigenvalue weighted by atomic mass is 9.98. The third-order valence-electron chi connectivity index (χ3n) is 4.73. The minimum absolute atomic E-state index is 0.114. The average Bonchev–Trinajstić information content (AvgIpc) is 2.78. The summed E-state index contributed by atoms with van der Waals surface area (Å²) in [5, 5.41) is 18.2. The highest BCUT2D eigenvalue weighted by molar-refractivity contribution is 6.27. The number of hydrogen-bond acceptors (Lipinski definition) is 6. The molecule has 1 atom stereocenters. The first kappa shape index (κ1) is 20.8. The number of carboxylic acids is 2. The van der Waals surface area contributed by atoms with Crippen molar-refractivity contribution in [1.82, 2.24) is 20.1 Å². The van der Waals surface area contributed by atoms with Crippen molar-refractivity contribution in [3.63, 3.8) is 0 Å². The molecule has 9 nitrogen and oxygen atoms in total. The number of piperazine rings is 1. The topological polar surface area (TPSA) is 123 Å². The molecule has 0 radical (unpaired) electrons. The lowest BCUT2D eigenvalue weighted by Crippen LogP contribution is -2.44. The molecule has 27 heavy (non-hydrogen) atoms. The Morgan fingerprint density at radius 1 is 1.26 bits per heavy atom. The lowest BCUT2D eigenvalue weighted by molar-refractivity contribution is -0.159. The van der Waals surface area contributed by atoms with E-state index in [2.05, 4.69) is 15.2 Å². The number of amides is 1. The molecule has 0 saturated carbocycles. The van der Waals surface area contributed by atoms with Gasteiger partial charge in [-0.05, 0) is 37.4 Å². The van der Waals surface area contributed by atoms with E-state index in [0.717, 1.165) is 63.4 Å². The maximum absolute atomic E-state index is 12.4. The van der Waals surface area contributed by atoms with Gasteiger partial charge in [0.05, 0.1) is 11.3 Å². The highest BCUT2D eigenvalue weighted by Crippen LogP contribution is 2.21. The van der Waals surface area contributed by atoms with Crippen molar-refractivity contribution in [2.75, 3.05) is 46.3 Å². The van der Waals surface area contributed by atoms with Crippen molar-refractivity contribution in [2.45, 2.75) is 12.8 Å². The molecule has 2 aliphatic rings. The Hall–Kier alpha value is -2.52. The monoisotopic (exact) mass is 378 g/mol. The van der Waals surface area contributed by atoms with E-state index in [1.165, 1.54) is 0 Å². The first-order valence-electron chi connectivity index (χ1n) is 8.97. The van der Waals surface area contributed by atoms with Gasteiger partial charge in [-0.3, -0.25) is 9.78 Å². The highest BCUT2D eigenvalue weighted by Gasteiger charge is 2.26. The number of pyridine rings is 1. The summed E-state index contributed by atoms with van der Waals surface area (Å²) in [6.07, 6.45) is 3.84. The van der Waals surface area contributed by atoms with Crippen LogP contribution in [-0.4, -0.2) is 89.2 Å². The van der Waals surface area contributed by atoms with E-state index in [1.807, 2.05) is 24.1 Å². The van der Waals surface area contributed by atoms with E-state index in [-0.39, 0.29) is 5.91 Å². The molecule has 2 aliphatic heterocycles. The minimum Gasteiger partial charge on any atom is -0.473 e. The van der Waals surface area contributed by atoms with Gasteiger partial charge in [-0.25, -0.2) is 9.59 Å². The maximum atomic E-state index is 12.4. The van der Waals surface area contributed by atoms with Gasteiger partial charge in [-0.1, -0.05) is 0 Å². The van der Waals surface area contributed by atoms with Gasteiger partial charge < -0.3 is 25.3 Å². The van der Waals surface area contributed by atoms with Crippen LogP contribution in [-0.2, 0) is 16.0 Å². The number of aliphatic carboxylic acids is 2. The minimum atomic E-state index is -1.82. The first-order valence-corrected chi connectivity index (χ1v) is 8.97. The van der Waals surface area contributed by atoms with Crippen LogP contribution in [0.15, 0.2) is 18.3 Å². The molecular formula is C18H26N4O5. The maximum Gasteiger partial charge on any atom is 0.414 e. The lowest BCUT2D eigenvalue weighted by Gasteiger charge is -2.29. The zero-order valence-corrected chi connectivity index (χ0v) is 15.4. The van der Waals surface area contributed by atoms with Gasteiger partial charge >= 0.3 is 11.9 Å². The van der Waals surface area contributed by atoms with Gasteiger partial charge in [0.2, 0.25) is 0 Å². The molecule has 1 aromatic rings. The Bertz CT molecular complexity index is 663. The fourth-order valence-electron chi connectivity index (χ4n) is 3.30. The van der Waals surface area contributed by atoms with Crippen molar-refractivity contribution in [3.8, 4) is 0 Å². The number of carbonyl (C=O) groups is 3. The van der Waals surface area contributed by atoms with Crippen LogP contribution in [0, 0.1) is 5.92 Å². The summed E-state index contributed by atoms with van der Waals surface area (Å²) in [4.78, 5) is 39.4. The van der Waals surface area contributed by atoms with Crippen LogP contribution in [0.3, 0.4) is 0 Å². The molecule has 9 heteroatoms. The van der Waals surface area contributed by atoms with Crippen LogP contribution >= 0.6 is 0 Å². The van der Waals surface area contributed by atoms with Crippen LogP contribution in [0.5, 0.6) is 0 Å². The normalized spacial score (nSPS) is 20.1. The molecule has 0 spiro atoms. The quantitative estimate of drug-likeness (QED) is 0.617. The van der Waals surface area contributed by atoms with Crippen molar-refractivity contribution in [1.29, 1.82) is 0 Å². The number of fused-ring (bicyclic) bond motifs is 1. The second-order valence-corrected chi connectivity index (χ2v) is 6.74. The molecule has 1 fully saturated rings. The number of nitrogens with one attached hydrogen (secondary N) is 1. The van der Waals surface area contributed by atoms with E-state index < -0.39 is 11.9 Å². The predicted molar refractivity (Wildman–Crippen MR) is 97.6 cm³/mol. The third kappa shape index (κ3) is 6.30. The van der Waals surface area contributed by atoms with Crippen molar-refractivity contribution >= 4 is 17.8 Å². The Morgan fingerprint density at radius 2 is 1.93 bits per heavy atom. The summed E-state index contributed by atoms with van der Waals surface area (Å²) < 4.78 is 0. The van der Waals surface area contributed by atoms with E-state index in [4.69, 9.17) is 19.8 Å². The van der Waals surface area contributed by atoms with Crippen LogP contribution in [0.4, 0.5) is 0 Å². The molecule has 3 rings (SSSR count). The Morgan fingerprint density at radius 3 is 2.56 bits per heavy atom. The Labute approximate surface area is 158 Å². The molecular weight excluding hydrogens is 352 g/mol. The van der Waals surface area contributed by atoms with Gasteiger partial charge in [0.25, 0.3) is 5.91 Å². The first-order chi connectivity index (χ1) is 12.9. The van der Waals surface area contributed by atoms with E-state index in [0.29, 0.717) is 5.92 Å². The van der Waals surface area contributed by atoms with Crippen molar-refractivity contribution in [2.24, 2.45) is 5.92 Å². The molecule has 148 valence electrons. The van der Waals surface area contributed by atoms with Crippen LogP contribution in [0.2, 0.25) is 0 Å². The number of hydrogen-bond donors (Lipinski definition) is 3. The molecule has 0 aliphatic carbocycles. The molecule has 1 saturated heterocycles. The third-order valence-corrected chi connectivity index (χ3v) is 4.73. The predicted octanol–water partition coefficient (Wildman–Crippen LogP) is -0.223. The summed E-state index contributed by atoms with van der Waals surface area (Å²) in [5.41, 5.74) is 1.75. The van der Waals surface area contributed by atoms with Crippen molar-refractivity contribution < 1.29 is 24.6 Å². The zero-order chi connectivity index (χ0) is 19.8. The largest absolute Gasteiger partial charge is 0.473 e. The Kier molecular flexibility index (Phi) is 7.68. The highest BCUT2D eigenvalue weighted by atomic mass is 16.4. The molecule has 0 aromatic carbocycles. The van der Waals surface area contributed by atoms with Crippen LogP contribution in [0.1, 0.15) is 22.5 Å². The van der Waals surface area contributed by atoms with Gasteiger partial charge in [0.15, 0.2) is 0 Å². The SMILES string of the molecule is CN1CC(CCN2CCNCC2)Cc2ncccc2C1=O.O=C(O)C(=O)O. The fourth-order valence-corrected chi connectivity index (χ4v) is 3.30. The zero-order valence-electron chi connectivity index (χ0n) is 15.4. The molecule has 1 amide bonds. The van der Waals surface area contributed by atoms with E-state index in [9.17, 15) is 4.79 Å². The van der Waals surface area contributed by atoms with Crippen LogP contribution < -0.4 is 5.32 Å². The van der Waals surface area contributed by atoms with E-state index >= 15 is 0 Å². The molecule has 0 bridgehead atoms. The van der Waals surface area contributed by atoms with Gasteiger partial charge in [0.1, 0.15) is 0 Å². The molecule has 1 aromatic heterocycles. The number of aromatic nitrogens is 1. The number of nitrogens with zero attached hydrogens (tertiary/aromatic N) is 3. The summed E-state index contributed by atoms with van der Waals surface area (Å²) >= 11 is 0. The summed E-state index contributed by atoms with van der Waals surface area (Å²) in [7, 11) is 1.91. The van der Waals surface area contributed by atoms with Gasteiger partial charge in [-0.15, -0.1) is 0 Å². The standard InChI is InChI=1S/C16H24N4O.C2H2O4/c1-19-12-13(4-8-20-9-6-17-7-10-20)11-15-14(16(19)21)3-2-5-18-15;3-1(4)2(5)6/h2-3,5,13,17H,4,6-12H2,1H3;(H,3,4)(H,5,6).